The van der Waals surface area contributed by atoms with Crippen molar-refractivity contribution >= 4 is 15.9 Å². The Kier molecular flexibility index (Phi) is 3.36. The number of carbonyl (C=O) groups is 1. The summed E-state index contributed by atoms with van der Waals surface area (Å²) in [5, 5.41) is 8.91. The maximum atomic E-state index is 11.9. The van der Waals surface area contributed by atoms with Crippen molar-refractivity contribution in [1.82, 2.24) is 4.31 Å². The van der Waals surface area contributed by atoms with Crippen LogP contribution in [-0.4, -0.2) is 41.1 Å². The van der Waals surface area contributed by atoms with Crippen molar-refractivity contribution in [3.8, 4) is 0 Å². The average molecular weight is 249 g/mol. The van der Waals surface area contributed by atoms with E-state index < -0.39 is 20.8 Å². The molecule has 94 valence electrons. The van der Waals surface area contributed by atoms with Crippen LogP contribution in [0.4, 0.5) is 0 Å². The smallest absolute Gasteiger partial charge is 0.259 e. The summed E-state index contributed by atoms with van der Waals surface area (Å²) in [5.41, 5.74) is 0. The molecular weight excluding hydrogens is 230 g/mol. The van der Waals surface area contributed by atoms with Crippen LogP contribution in [0.1, 0.15) is 34.1 Å². The molecule has 0 bridgehead atoms. The Morgan fingerprint density at radius 1 is 1.38 bits per heavy atom. The van der Waals surface area contributed by atoms with E-state index in [1.54, 1.807) is 0 Å². The van der Waals surface area contributed by atoms with Gasteiger partial charge in [-0.3, -0.25) is 4.79 Å². The number of rotatable bonds is 4. The molecule has 1 unspecified atom stereocenters. The summed E-state index contributed by atoms with van der Waals surface area (Å²) in [6, 6.07) is -0.435. The van der Waals surface area contributed by atoms with E-state index in [-0.39, 0.29) is 18.4 Å². The van der Waals surface area contributed by atoms with E-state index in [2.05, 4.69) is 0 Å². The van der Waals surface area contributed by atoms with Crippen LogP contribution in [0.2, 0.25) is 0 Å². The molecule has 5 nitrogen and oxygen atoms in total. The fourth-order valence-electron chi connectivity index (χ4n) is 1.87. The van der Waals surface area contributed by atoms with Gasteiger partial charge in [0.1, 0.15) is 0 Å². The first-order chi connectivity index (χ1) is 7.17. The normalized spacial score (nSPS) is 24.4. The Morgan fingerprint density at radius 2 is 1.88 bits per heavy atom. The molecule has 1 fully saturated rings. The molecule has 16 heavy (non-hydrogen) atoms. The van der Waals surface area contributed by atoms with Gasteiger partial charge in [-0.15, -0.1) is 0 Å². The topological polar surface area (TPSA) is 74.7 Å². The summed E-state index contributed by atoms with van der Waals surface area (Å²) in [4.78, 5) is 11.8. The van der Waals surface area contributed by atoms with Crippen LogP contribution in [0.15, 0.2) is 0 Å². The van der Waals surface area contributed by atoms with Gasteiger partial charge in [0.2, 0.25) is 0 Å². The molecule has 0 aromatic heterocycles. The zero-order chi connectivity index (χ0) is 12.7. The number of nitrogens with zero attached hydrogens (tertiary/aromatic N) is 1. The second-order valence-electron chi connectivity index (χ2n) is 4.94. The van der Waals surface area contributed by atoms with Gasteiger partial charge in [-0.25, -0.2) is 12.7 Å². The molecule has 1 N–H and O–H groups in total. The summed E-state index contributed by atoms with van der Waals surface area (Å²) in [5.74, 6) is -0.373. The second-order valence-corrected chi connectivity index (χ2v) is 7.30. The first-order valence-electron chi connectivity index (χ1n) is 5.37. The van der Waals surface area contributed by atoms with Gasteiger partial charge in [-0.1, -0.05) is 13.8 Å². The van der Waals surface area contributed by atoms with E-state index in [0.717, 1.165) is 4.31 Å². The summed E-state index contributed by atoms with van der Waals surface area (Å²) < 4.78 is 23.5. The molecule has 1 heterocycles. The van der Waals surface area contributed by atoms with Crippen LogP contribution >= 0.6 is 0 Å². The van der Waals surface area contributed by atoms with Gasteiger partial charge in [0.25, 0.3) is 15.9 Å². The minimum Gasteiger partial charge on any atom is -0.396 e. The van der Waals surface area contributed by atoms with Crippen molar-refractivity contribution in [2.45, 2.75) is 44.9 Å². The lowest BCUT2D eigenvalue weighted by Crippen LogP contribution is -2.70. The van der Waals surface area contributed by atoms with Gasteiger partial charge in [0.05, 0.1) is 6.04 Å². The Balaban J connectivity index is 3.03. The molecule has 0 aromatic carbocycles. The van der Waals surface area contributed by atoms with Crippen LogP contribution < -0.4 is 0 Å². The van der Waals surface area contributed by atoms with Crippen LogP contribution in [0.5, 0.6) is 0 Å². The third kappa shape index (κ3) is 1.64. The summed E-state index contributed by atoms with van der Waals surface area (Å²) in [7, 11) is -3.54. The van der Waals surface area contributed by atoms with Gasteiger partial charge in [-0.05, 0) is 26.2 Å². The van der Waals surface area contributed by atoms with E-state index in [0.29, 0.717) is 6.42 Å². The van der Waals surface area contributed by atoms with Crippen molar-refractivity contribution < 1.29 is 18.3 Å². The predicted octanol–water partition coefficient (Wildman–Crippen LogP) is 0.344. The Morgan fingerprint density at radius 3 is 2.19 bits per heavy atom. The van der Waals surface area contributed by atoms with E-state index >= 15 is 0 Å². The minimum atomic E-state index is -3.54. The summed E-state index contributed by atoms with van der Waals surface area (Å²) in [6.45, 7) is 6.39. The molecule has 1 saturated heterocycles. The molecule has 0 spiro atoms. The number of hydrogen-bond donors (Lipinski definition) is 1. The number of aliphatic hydroxyl groups excluding tert-OH is 1. The SMILES string of the molecule is CC(C)C(CCO)N1C(=O)C(C)(C)S1(=O)=O. The third-order valence-corrected chi connectivity index (χ3v) is 5.53. The molecule has 0 aromatic rings. The van der Waals surface area contributed by atoms with E-state index in [9.17, 15) is 13.2 Å². The molecule has 6 heteroatoms. The maximum Gasteiger partial charge on any atom is 0.259 e. The van der Waals surface area contributed by atoms with E-state index in [1.807, 2.05) is 13.8 Å². The van der Waals surface area contributed by atoms with Crippen LogP contribution in [0.3, 0.4) is 0 Å². The van der Waals surface area contributed by atoms with Crippen LogP contribution in [0.25, 0.3) is 0 Å². The molecule has 1 aliphatic rings. The average Bonchev–Trinajstić information content (AvgIpc) is 2.15. The Hall–Kier alpha value is -0.620. The molecule has 1 rings (SSSR count). The Bertz CT molecular complexity index is 386. The number of sulfonamides is 1. The van der Waals surface area contributed by atoms with Crippen molar-refractivity contribution in [1.29, 1.82) is 0 Å². The number of aliphatic hydroxyl groups is 1. The Labute approximate surface area is 96.5 Å². The van der Waals surface area contributed by atoms with Gasteiger partial charge in [0, 0.05) is 6.61 Å². The van der Waals surface area contributed by atoms with E-state index in [4.69, 9.17) is 5.11 Å². The minimum absolute atomic E-state index is 0.00183. The lowest BCUT2D eigenvalue weighted by atomic mass is 10.00. The monoisotopic (exact) mass is 249 g/mol. The lowest BCUT2D eigenvalue weighted by Gasteiger charge is -2.48. The maximum absolute atomic E-state index is 11.9. The number of carbonyl (C=O) groups excluding carboxylic acids is 1. The van der Waals surface area contributed by atoms with Gasteiger partial charge in [-0.2, -0.15) is 0 Å². The van der Waals surface area contributed by atoms with Gasteiger partial charge in [0.15, 0.2) is 4.75 Å². The number of amides is 1. The molecule has 0 saturated carbocycles. The summed E-state index contributed by atoms with van der Waals surface area (Å²) >= 11 is 0. The first kappa shape index (κ1) is 13.4. The highest BCUT2D eigenvalue weighted by Crippen LogP contribution is 2.38. The molecule has 0 radical (unpaired) electrons. The quantitative estimate of drug-likeness (QED) is 0.780. The largest absolute Gasteiger partial charge is 0.396 e. The van der Waals surface area contributed by atoms with Crippen molar-refractivity contribution in [3.63, 3.8) is 0 Å². The molecule has 1 amide bonds. The van der Waals surface area contributed by atoms with Crippen molar-refractivity contribution in [3.05, 3.63) is 0 Å². The van der Waals surface area contributed by atoms with Crippen LogP contribution in [0, 0.1) is 5.92 Å². The molecule has 0 aliphatic carbocycles. The highest BCUT2D eigenvalue weighted by molar-refractivity contribution is 7.94. The fraction of sp³-hybridized carbons (Fsp3) is 0.900. The van der Waals surface area contributed by atoms with E-state index in [1.165, 1.54) is 13.8 Å². The standard InChI is InChI=1S/C10H19NO4S/c1-7(2)8(5-6-12)11-9(13)10(3,4)16(11,14)15/h7-8,12H,5-6H2,1-4H3. The zero-order valence-electron chi connectivity index (χ0n) is 10.1. The highest BCUT2D eigenvalue weighted by Gasteiger charge is 2.62. The first-order valence-corrected chi connectivity index (χ1v) is 6.81. The number of hydrogen-bond acceptors (Lipinski definition) is 4. The highest BCUT2D eigenvalue weighted by atomic mass is 32.2. The predicted molar refractivity (Wildman–Crippen MR) is 60.2 cm³/mol. The summed E-state index contributed by atoms with van der Waals surface area (Å²) in [6.07, 6.45) is 0.290. The molecule has 1 atom stereocenters. The zero-order valence-corrected chi connectivity index (χ0v) is 10.9. The van der Waals surface area contributed by atoms with Gasteiger partial charge >= 0.3 is 0 Å². The fourth-order valence-corrected chi connectivity index (χ4v) is 3.70. The molecule has 1 aliphatic heterocycles. The van der Waals surface area contributed by atoms with Crippen molar-refractivity contribution in [2.24, 2.45) is 5.92 Å². The second kappa shape index (κ2) is 4.00. The third-order valence-electron chi connectivity index (χ3n) is 3.11. The van der Waals surface area contributed by atoms with Crippen LogP contribution in [-0.2, 0) is 14.8 Å². The lowest BCUT2D eigenvalue weighted by molar-refractivity contribution is -0.135. The van der Waals surface area contributed by atoms with Crippen molar-refractivity contribution in [2.75, 3.05) is 6.61 Å². The van der Waals surface area contributed by atoms with Gasteiger partial charge < -0.3 is 5.11 Å². The molecular formula is C10H19NO4S.